The van der Waals surface area contributed by atoms with Gasteiger partial charge in [-0.1, -0.05) is 170 Å². The molecule has 61 heavy (non-hydrogen) atoms. The first-order valence-electron chi connectivity index (χ1n) is 20.8. The largest absolute Gasteiger partial charge is 0.456 e. The van der Waals surface area contributed by atoms with Crippen molar-refractivity contribution in [3.63, 3.8) is 0 Å². The molecule has 0 atom stereocenters. The summed E-state index contributed by atoms with van der Waals surface area (Å²) in [6, 6.07) is 82.9. The number of fused-ring (bicyclic) bond motifs is 7. The molecule has 0 amide bonds. The zero-order chi connectivity index (χ0) is 40.3. The Balaban J connectivity index is 0.918. The van der Waals surface area contributed by atoms with Crippen LogP contribution in [0.3, 0.4) is 0 Å². The van der Waals surface area contributed by atoms with Gasteiger partial charge < -0.3 is 13.9 Å². The molecule has 12 aromatic rings. The maximum Gasteiger partial charge on any atom is 0.136 e. The molecule has 2 heterocycles. The maximum atomic E-state index is 6.19. The van der Waals surface area contributed by atoms with Crippen LogP contribution < -0.4 is 4.90 Å². The average Bonchev–Trinajstić information content (AvgIpc) is 3.88. The van der Waals surface area contributed by atoms with Crippen molar-refractivity contribution >= 4 is 71.6 Å². The smallest absolute Gasteiger partial charge is 0.136 e. The van der Waals surface area contributed by atoms with Gasteiger partial charge in [-0.25, -0.2) is 0 Å². The number of hydrogen-bond donors (Lipinski definition) is 0. The Morgan fingerprint density at radius 1 is 0.328 bits per heavy atom. The Labute approximate surface area is 353 Å². The second-order valence-corrected chi connectivity index (χ2v) is 15.7. The molecule has 2 aromatic heterocycles. The Bertz CT molecular complexity index is 3520. The van der Waals surface area contributed by atoms with Crippen LogP contribution in [0.15, 0.2) is 235 Å². The predicted molar refractivity (Wildman–Crippen MR) is 257 cm³/mol. The predicted octanol–water partition coefficient (Wildman–Crippen LogP) is 16.3. The molecule has 0 unspecified atom stereocenters. The summed E-state index contributed by atoms with van der Waals surface area (Å²) in [5.41, 5.74) is 15.7. The Hall–Kier alpha value is -8.14. The molecule has 0 aliphatic heterocycles. The molecular weight excluding hydrogens is 741 g/mol. The number of rotatable bonds is 7. The first kappa shape index (κ1) is 34.9. The van der Waals surface area contributed by atoms with E-state index in [0.29, 0.717) is 0 Å². The molecule has 3 nitrogen and oxygen atoms in total. The van der Waals surface area contributed by atoms with E-state index < -0.39 is 0 Å². The molecule has 0 fully saturated rings. The molecule has 0 bridgehead atoms. The Morgan fingerprint density at radius 3 is 1.52 bits per heavy atom. The van der Waals surface area contributed by atoms with E-state index in [2.05, 4.69) is 228 Å². The van der Waals surface area contributed by atoms with Crippen LogP contribution in [-0.2, 0) is 0 Å². The van der Waals surface area contributed by atoms with E-state index >= 15 is 0 Å². The Morgan fingerprint density at radius 2 is 0.803 bits per heavy atom. The van der Waals surface area contributed by atoms with Crippen LogP contribution in [0.4, 0.5) is 17.1 Å². The highest BCUT2D eigenvalue weighted by Crippen LogP contribution is 2.42. The summed E-state index contributed by atoms with van der Waals surface area (Å²) in [6.07, 6.45) is 0. The number of furan rings is 1. The molecule has 0 N–H and O–H groups in total. The van der Waals surface area contributed by atoms with Crippen molar-refractivity contribution in [2.75, 3.05) is 4.90 Å². The molecule has 0 aliphatic carbocycles. The SMILES string of the molecule is c1ccc(-n2c3ccccc3c3ccccc32)c(-c2ccc(N(c3ccc(-c4ccc(-c5cccc6oc7ccccc7c56)cc4)cc3)c3cccc4ccccc34)cc2)c1. The minimum Gasteiger partial charge on any atom is -0.456 e. The van der Waals surface area contributed by atoms with E-state index in [1.165, 1.54) is 54.8 Å². The quantitative estimate of drug-likeness (QED) is 0.161. The number of benzene rings is 10. The highest BCUT2D eigenvalue weighted by Gasteiger charge is 2.19. The van der Waals surface area contributed by atoms with Crippen LogP contribution >= 0.6 is 0 Å². The summed E-state index contributed by atoms with van der Waals surface area (Å²) in [5, 5.41) is 7.22. The molecule has 0 saturated heterocycles. The van der Waals surface area contributed by atoms with Crippen molar-refractivity contribution in [1.82, 2.24) is 4.57 Å². The molecule has 12 rings (SSSR count). The van der Waals surface area contributed by atoms with E-state index in [-0.39, 0.29) is 0 Å². The van der Waals surface area contributed by atoms with Crippen molar-refractivity contribution in [2.24, 2.45) is 0 Å². The second-order valence-electron chi connectivity index (χ2n) is 15.7. The third-order valence-corrected chi connectivity index (χ3v) is 12.2. The van der Waals surface area contributed by atoms with Crippen LogP contribution in [0, 0.1) is 0 Å². The van der Waals surface area contributed by atoms with Crippen molar-refractivity contribution in [2.45, 2.75) is 0 Å². The summed E-state index contributed by atoms with van der Waals surface area (Å²) in [7, 11) is 0. The monoisotopic (exact) mass is 778 g/mol. The van der Waals surface area contributed by atoms with Gasteiger partial charge >= 0.3 is 0 Å². The lowest BCUT2D eigenvalue weighted by Crippen LogP contribution is -2.10. The fourth-order valence-corrected chi connectivity index (χ4v) is 9.38. The van der Waals surface area contributed by atoms with Gasteiger partial charge in [-0.3, -0.25) is 0 Å². The molecule has 0 saturated carbocycles. The van der Waals surface area contributed by atoms with Crippen molar-refractivity contribution in [3.05, 3.63) is 231 Å². The molecule has 286 valence electrons. The fourth-order valence-electron chi connectivity index (χ4n) is 9.38. The minimum absolute atomic E-state index is 0.910. The summed E-state index contributed by atoms with van der Waals surface area (Å²) in [4.78, 5) is 2.38. The average molecular weight is 779 g/mol. The van der Waals surface area contributed by atoms with Gasteiger partial charge in [-0.05, 0) is 93.9 Å². The fraction of sp³-hybridized carbons (Fsp3) is 0. The van der Waals surface area contributed by atoms with Crippen LogP contribution in [0.25, 0.3) is 93.6 Å². The van der Waals surface area contributed by atoms with Gasteiger partial charge in [0.05, 0.1) is 22.4 Å². The summed E-state index contributed by atoms with van der Waals surface area (Å²) < 4.78 is 8.60. The molecule has 10 aromatic carbocycles. The van der Waals surface area contributed by atoms with Gasteiger partial charge in [0.25, 0.3) is 0 Å². The van der Waals surface area contributed by atoms with Crippen LogP contribution in [-0.4, -0.2) is 4.57 Å². The highest BCUT2D eigenvalue weighted by molar-refractivity contribution is 6.13. The molecule has 0 radical (unpaired) electrons. The second kappa shape index (κ2) is 14.3. The van der Waals surface area contributed by atoms with Crippen LogP contribution in [0.1, 0.15) is 0 Å². The van der Waals surface area contributed by atoms with Gasteiger partial charge in [-0.2, -0.15) is 0 Å². The maximum absolute atomic E-state index is 6.19. The topological polar surface area (TPSA) is 21.3 Å². The zero-order valence-corrected chi connectivity index (χ0v) is 33.2. The summed E-state index contributed by atoms with van der Waals surface area (Å²) >= 11 is 0. The third-order valence-electron chi connectivity index (χ3n) is 12.2. The Kier molecular flexibility index (Phi) is 8.17. The van der Waals surface area contributed by atoms with Crippen molar-refractivity contribution in [3.8, 4) is 39.1 Å². The first-order valence-corrected chi connectivity index (χ1v) is 20.8. The van der Waals surface area contributed by atoms with Gasteiger partial charge in [-0.15, -0.1) is 0 Å². The van der Waals surface area contributed by atoms with Crippen LogP contribution in [0.2, 0.25) is 0 Å². The molecule has 0 aliphatic rings. The number of nitrogens with zero attached hydrogens (tertiary/aromatic N) is 2. The number of hydrogen-bond acceptors (Lipinski definition) is 2. The zero-order valence-electron chi connectivity index (χ0n) is 33.2. The third kappa shape index (κ3) is 5.82. The van der Waals surface area contributed by atoms with E-state index in [4.69, 9.17) is 4.42 Å². The molecule has 0 spiro atoms. The lowest BCUT2D eigenvalue weighted by Gasteiger charge is -2.27. The summed E-state index contributed by atoms with van der Waals surface area (Å²) in [6.45, 7) is 0. The minimum atomic E-state index is 0.910. The molecule has 3 heteroatoms. The number of aromatic nitrogens is 1. The van der Waals surface area contributed by atoms with Gasteiger partial charge in [0.15, 0.2) is 0 Å². The van der Waals surface area contributed by atoms with Crippen LogP contribution in [0.5, 0.6) is 0 Å². The van der Waals surface area contributed by atoms with E-state index in [0.717, 1.165) is 55.8 Å². The lowest BCUT2D eigenvalue weighted by molar-refractivity contribution is 0.669. The van der Waals surface area contributed by atoms with Crippen molar-refractivity contribution in [1.29, 1.82) is 0 Å². The van der Waals surface area contributed by atoms with Gasteiger partial charge in [0.1, 0.15) is 11.2 Å². The number of anilines is 3. The van der Waals surface area contributed by atoms with Gasteiger partial charge in [0.2, 0.25) is 0 Å². The standard InChI is InChI=1S/C58H38N2O/c1-2-15-46-41(13-1)14-11-24-52(46)59(44-35-31-40(32-36-44)39-27-29-43(30-28-39)48-20-12-26-57-58(48)51-19-6-10-25-56(51)61-57)45-37-33-42(34-38-45)47-16-3-7-21-53(47)60-54-22-8-4-17-49(54)50-18-5-9-23-55(50)60/h1-38H. The van der Waals surface area contributed by atoms with Crippen molar-refractivity contribution < 1.29 is 4.42 Å². The lowest BCUT2D eigenvalue weighted by atomic mass is 9.97. The first-order chi connectivity index (χ1) is 30.3. The summed E-state index contributed by atoms with van der Waals surface area (Å²) in [5.74, 6) is 0. The van der Waals surface area contributed by atoms with E-state index in [1.807, 2.05) is 12.1 Å². The highest BCUT2D eigenvalue weighted by atomic mass is 16.3. The number of para-hydroxylation sites is 4. The van der Waals surface area contributed by atoms with Gasteiger partial charge in [0, 0.05) is 43.9 Å². The van der Waals surface area contributed by atoms with E-state index in [9.17, 15) is 0 Å². The normalized spacial score (nSPS) is 11.6. The van der Waals surface area contributed by atoms with E-state index in [1.54, 1.807) is 0 Å². The molecular formula is C58H38N2O.